The molecule has 3 rings (SSSR count). The van der Waals surface area contributed by atoms with E-state index in [0.29, 0.717) is 10.4 Å². The van der Waals surface area contributed by atoms with E-state index in [-0.39, 0.29) is 39.2 Å². The van der Waals surface area contributed by atoms with E-state index in [2.05, 4.69) is 5.32 Å². The molecule has 1 N–H and O–H groups in total. The fourth-order valence-corrected chi connectivity index (χ4v) is 4.55. The summed E-state index contributed by atoms with van der Waals surface area (Å²) in [4.78, 5) is 24.3. The second-order valence-corrected chi connectivity index (χ2v) is 8.79. The highest BCUT2D eigenvalue weighted by Crippen LogP contribution is 2.35. The van der Waals surface area contributed by atoms with Crippen LogP contribution in [0.3, 0.4) is 0 Å². The summed E-state index contributed by atoms with van der Waals surface area (Å²) in [6.45, 7) is 0. The molecule has 2 aromatic carbocycles. The van der Waals surface area contributed by atoms with Gasteiger partial charge in [-0.25, -0.2) is 12.7 Å². The Labute approximate surface area is 173 Å². The Morgan fingerprint density at radius 1 is 1.07 bits per heavy atom. The minimum absolute atomic E-state index is 0.0360. The van der Waals surface area contributed by atoms with Crippen LogP contribution < -0.4 is 9.62 Å². The molecule has 1 aliphatic rings. The Hall–Kier alpha value is -2.30. The van der Waals surface area contributed by atoms with Gasteiger partial charge in [-0.2, -0.15) is 13.2 Å². The number of anilines is 2. The van der Waals surface area contributed by atoms with Crippen LogP contribution in [0, 0.1) is 0 Å². The molecule has 1 aliphatic heterocycles. The van der Waals surface area contributed by atoms with E-state index in [4.69, 9.17) is 23.2 Å². The zero-order valence-corrected chi connectivity index (χ0v) is 16.6. The number of amides is 2. The van der Waals surface area contributed by atoms with Crippen LogP contribution in [0.2, 0.25) is 10.0 Å². The number of carbonyl (C=O) groups is 2. The minimum atomic E-state index is -4.63. The highest BCUT2D eigenvalue weighted by Gasteiger charge is 2.36. The maximum atomic E-state index is 12.9. The molecule has 1 heterocycles. The smallest absolute Gasteiger partial charge is 0.321 e. The van der Waals surface area contributed by atoms with E-state index in [9.17, 15) is 31.2 Å². The van der Waals surface area contributed by atoms with Gasteiger partial charge >= 0.3 is 6.18 Å². The Morgan fingerprint density at radius 3 is 2.31 bits per heavy atom. The molecular formula is C17H11Cl2F3N2O4S. The van der Waals surface area contributed by atoms with Crippen molar-refractivity contribution in [2.45, 2.75) is 12.6 Å². The van der Waals surface area contributed by atoms with Crippen LogP contribution in [0.25, 0.3) is 0 Å². The third-order valence-electron chi connectivity index (χ3n) is 4.05. The monoisotopic (exact) mass is 466 g/mol. The fourth-order valence-electron chi connectivity index (χ4n) is 2.67. The number of sulfonamides is 1. The van der Waals surface area contributed by atoms with Gasteiger partial charge in [-0.1, -0.05) is 23.2 Å². The molecule has 29 heavy (non-hydrogen) atoms. The molecule has 0 bridgehead atoms. The molecule has 1 saturated heterocycles. The zero-order valence-electron chi connectivity index (χ0n) is 14.3. The number of halogens is 5. The Balaban J connectivity index is 1.89. The highest BCUT2D eigenvalue weighted by molar-refractivity contribution is 7.94. The number of carbonyl (C=O) groups excluding carboxylic acids is 2. The summed E-state index contributed by atoms with van der Waals surface area (Å²) in [5, 5.41) is 1.93. The van der Waals surface area contributed by atoms with Crippen LogP contribution in [0.1, 0.15) is 22.3 Å². The van der Waals surface area contributed by atoms with Gasteiger partial charge in [-0.15, -0.1) is 0 Å². The van der Waals surface area contributed by atoms with Crippen molar-refractivity contribution in [3.63, 3.8) is 0 Å². The average Bonchev–Trinajstić information content (AvgIpc) is 2.88. The molecule has 0 aromatic heterocycles. The lowest BCUT2D eigenvalue weighted by Gasteiger charge is -2.16. The maximum Gasteiger partial charge on any atom is 0.416 e. The minimum Gasteiger partial charge on any atom is -0.321 e. The van der Waals surface area contributed by atoms with E-state index < -0.39 is 33.6 Å². The van der Waals surface area contributed by atoms with E-state index >= 15 is 0 Å². The average molecular weight is 467 g/mol. The summed E-state index contributed by atoms with van der Waals surface area (Å²) >= 11 is 11.9. The first-order valence-corrected chi connectivity index (χ1v) is 10.3. The van der Waals surface area contributed by atoms with E-state index in [1.165, 1.54) is 6.07 Å². The fraction of sp³-hybridized carbons (Fsp3) is 0.176. The number of rotatable bonds is 3. The molecule has 0 radical (unpaired) electrons. The predicted molar refractivity (Wildman–Crippen MR) is 102 cm³/mol. The summed E-state index contributed by atoms with van der Waals surface area (Å²) in [7, 11) is -3.81. The molecule has 154 valence electrons. The molecule has 0 aliphatic carbocycles. The van der Waals surface area contributed by atoms with Crippen molar-refractivity contribution >= 4 is 56.4 Å². The highest BCUT2D eigenvalue weighted by atomic mass is 35.5. The zero-order chi connectivity index (χ0) is 21.6. The van der Waals surface area contributed by atoms with Gasteiger partial charge in [0, 0.05) is 6.42 Å². The summed E-state index contributed by atoms with van der Waals surface area (Å²) < 4.78 is 63.1. The molecule has 0 unspecified atom stereocenters. The third-order valence-corrected chi connectivity index (χ3v) is 6.39. The lowest BCUT2D eigenvalue weighted by Crippen LogP contribution is -2.29. The Kier molecular flexibility index (Phi) is 5.54. The van der Waals surface area contributed by atoms with Gasteiger partial charge < -0.3 is 5.32 Å². The van der Waals surface area contributed by atoms with Crippen molar-refractivity contribution in [3.05, 3.63) is 57.6 Å². The molecular weight excluding hydrogens is 456 g/mol. The van der Waals surface area contributed by atoms with Gasteiger partial charge in [-0.05, 0) is 36.4 Å². The number of alkyl halides is 3. The first-order chi connectivity index (χ1) is 13.4. The first-order valence-electron chi connectivity index (χ1n) is 7.93. The molecule has 2 amide bonds. The third kappa shape index (κ3) is 4.34. The number of hydrogen-bond acceptors (Lipinski definition) is 4. The van der Waals surface area contributed by atoms with Gasteiger partial charge in [-0.3, -0.25) is 9.59 Å². The summed E-state index contributed by atoms with van der Waals surface area (Å²) in [5.41, 5.74) is -1.46. The van der Waals surface area contributed by atoms with Crippen LogP contribution in [0.4, 0.5) is 24.5 Å². The number of hydrogen-bond donors (Lipinski definition) is 1. The first kappa shape index (κ1) is 21.4. The quantitative estimate of drug-likeness (QED) is 0.729. The van der Waals surface area contributed by atoms with Crippen molar-refractivity contribution in [1.82, 2.24) is 0 Å². The van der Waals surface area contributed by atoms with Crippen LogP contribution in [0.5, 0.6) is 0 Å². The largest absolute Gasteiger partial charge is 0.416 e. The number of nitrogens with zero attached hydrogens (tertiary/aromatic N) is 1. The molecule has 2 aromatic rings. The standard InChI is InChI=1S/C17H11Cl2F3N2O4S/c18-12-4-1-9(17(20,21)22)7-14(12)23-16(26)11-3-2-10(8-13(11)19)24-15(25)5-6-29(24,27)28/h1-4,7-8H,5-6H2,(H,23,26). The number of benzene rings is 2. The molecule has 12 heteroatoms. The summed E-state index contributed by atoms with van der Waals surface area (Å²) in [6.07, 6.45) is -4.80. The van der Waals surface area contributed by atoms with E-state index in [0.717, 1.165) is 24.3 Å². The number of nitrogens with one attached hydrogen (secondary N) is 1. The van der Waals surface area contributed by atoms with Crippen LogP contribution >= 0.6 is 23.2 Å². The Morgan fingerprint density at radius 2 is 1.76 bits per heavy atom. The molecule has 0 saturated carbocycles. The normalized spacial score (nSPS) is 16.2. The van der Waals surface area contributed by atoms with Gasteiger partial charge in [0.2, 0.25) is 15.9 Å². The van der Waals surface area contributed by atoms with Gasteiger partial charge in [0.25, 0.3) is 5.91 Å². The van der Waals surface area contributed by atoms with Crippen molar-refractivity contribution in [1.29, 1.82) is 0 Å². The van der Waals surface area contributed by atoms with Gasteiger partial charge in [0.1, 0.15) is 0 Å². The molecule has 1 fully saturated rings. The molecule has 0 spiro atoms. The lowest BCUT2D eigenvalue weighted by molar-refractivity contribution is -0.137. The molecule has 6 nitrogen and oxygen atoms in total. The van der Waals surface area contributed by atoms with Crippen molar-refractivity contribution in [2.75, 3.05) is 15.4 Å². The predicted octanol–water partition coefficient (Wildman–Crippen LogP) is 4.33. The lowest BCUT2D eigenvalue weighted by atomic mass is 10.1. The second-order valence-electron chi connectivity index (χ2n) is 6.03. The van der Waals surface area contributed by atoms with E-state index in [1.54, 1.807) is 0 Å². The van der Waals surface area contributed by atoms with Crippen molar-refractivity contribution < 1.29 is 31.2 Å². The second kappa shape index (κ2) is 7.51. The van der Waals surface area contributed by atoms with Crippen LogP contribution in [-0.2, 0) is 21.0 Å². The van der Waals surface area contributed by atoms with Crippen LogP contribution in [0.15, 0.2) is 36.4 Å². The molecule has 0 atom stereocenters. The summed E-state index contributed by atoms with van der Waals surface area (Å²) in [6, 6.07) is 5.93. The van der Waals surface area contributed by atoms with Gasteiger partial charge in [0.15, 0.2) is 0 Å². The topological polar surface area (TPSA) is 83.6 Å². The van der Waals surface area contributed by atoms with Gasteiger partial charge in [0.05, 0.1) is 38.3 Å². The van der Waals surface area contributed by atoms with Crippen LogP contribution in [-0.4, -0.2) is 26.0 Å². The maximum absolute atomic E-state index is 12.9. The SMILES string of the molecule is O=C(Nc1cc(C(F)(F)F)ccc1Cl)c1ccc(N2C(=O)CCS2(=O)=O)cc1Cl. The Bertz CT molecular complexity index is 1120. The summed E-state index contributed by atoms with van der Waals surface area (Å²) in [5.74, 6) is -1.83. The van der Waals surface area contributed by atoms with E-state index in [1.807, 2.05) is 0 Å². The van der Waals surface area contributed by atoms with Crippen molar-refractivity contribution in [2.24, 2.45) is 0 Å². The van der Waals surface area contributed by atoms with Crippen molar-refractivity contribution in [3.8, 4) is 0 Å².